The molecular formula is C21H29N5O. The lowest BCUT2D eigenvalue weighted by atomic mass is 9.58. The minimum absolute atomic E-state index is 0.00654. The Morgan fingerprint density at radius 1 is 1.33 bits per heavy atom. The number of nitrogens with zero attached hydrogens (tertiary/aromatic N) is 5. The van der Waals surface area contributed by atoms with Crippen LogP contribution in [0.1, 0.15) is 62.5 Å². The Balaban J connectivity index is 1.44. The molecule has 0 N–H and O–H groups in total. The Bertz CT molecular complexity index is 877. The third kappa shape index (κ3) is 2.34. The lowest BCUT2D eigenvalue weighted by Crippen LogP contribution is -2.54. The van der Waals surface area contributed by atoms with Gasteiger partial charge in [0.1, 0.15) is 0 Å². The lowest BCUT2D eigenvalue weighted by Gasteiger charge is -2.48. The van der Waals surface area contributed by atoms with Crippen LogP contribution in [0.5, 0.6) is 0 Å². The van der Waals surface area contributed by atoms with Crippen molar-refractivity contribution >= 4 is 5.91 Å². The van der Waals surface area contributed by atoms with Gasteiger partial charge in [0.05, 0.1) is 12.1 Å². The second-order valence-electron chi connectivity index (χ2n) is 8.99. The van der Waals surface area contributed by atoms with E-state index in [9.17, 15) is 4.79 Å². The predicted octanol–water partition coefficient (Wildman–Crippen LogP) is 2.84. The average molecular weight is 367 g/mol. The van der Waals surface area contributed by atoms with Crippen LogP contribution in [0.2, 0.25) is 0 Å². The zero-order valence-corrected chi connectivity index (χ0v) is 16.6. The van der Waals surface area contributed by atoms with Crippen molar-refractivity contribution in [2.45, 2.75) is 64.0 Å². The third-order valence-electron chi connectivity index (χ3n) is 7.25. The normalized spacial score (nSPS) is 29.6. The molecule has 6 heteroatoms. The molecule has 3 heterocycles. The summed E-state index contributed by atoms with van der Waals surface area (Å²) in [5.74, 6) is 1.03. The quantitative estimate of drug-likeness (QED) is 0.838. The fourth-order valence-corrected chi connectivity index (χ4v) is 5.99. The summed E-state index contributed by atoms with van der Waals surface area (Å²) in [6.45, 7) is 5.92. The summed E-state index contributed by atoms with van der Waals surface area (Å²) in [6.07, 6.45) is 9.32. The molecule has 2 aromatic heterocycles. The van der Waals surface area contributed by atoms with E-state index in [0.717, 1.165) is 32.2 Å². The van der Waals surface area contributed by atoms with Crippen molar-refractivity contribution in [2.24, 2.45) is 18.9 Å². The Hall–Kier alpha value is -2.11. The number of carbonyl (C=O) groups excluding carboxylic acids is 1. The molecule has 6 nitrogen and oxygen atoms in total. The summed E-state index contributed by atoms with van der Waals surface area (Å²) >= 11 is 0. The summed E-state index contributed by atoms with van der Waals surface area (Å²) in [6, 6.07) is 2.49. The molecule has 3 saturated carbocycles. The topological polar surface area (TPSA) is 56.0 Å². The minimum Gasteiger partial charge on any atom is -0.338 e. The first-order chi connectivity index (χ1) is 13.0. The number of hydrogen-bond donors (Lipinski definition) is 0. The zero-order valence-electron chi connectivity index (χ0n) is 16.6. The number of hydrogen-bond acceptors (Lipinski definition) is 3. The predicted molar refractivity (Wildman–Crippen MR) is 102 cm³/mol. The first-order valence-corrected chi connectivity index (χ1v) is 10.3. The van der Waals surface area contributed by atoms with Crippen molar-refractivity contribution in [1.82, 2.24) is 24.5 Å². The van der Waals surface area contributed by atoms with E-state index in [0.29, 0.717) is 24.4 Å². The summed E-state index contributed by atoms with van der Waals surface area (Å²) in [5, 5.41) is 8.97. The van der Waals surface area contributed by atoms with Gasteiger partial charge in [0.15, 0.2) is 0 Å². The van der Waals surface area contributed by atoms with E-state index in [4.69, 9.17) is 0 Å². The van der Waals surface area contributed by atoms with Crippen LogP contribution in [0.15, 0.2) is 18.5 Å². The highest BCUT2D eigenvalue weighted by atomic mass is 16.2. The van der Waals surface area contributed by atoms with Gasteiger partial charge in [-0.15, -0.1) is 0 Å². The van der Waals surface area contributed by atoms with Crippen LogP contribution in [0.25, 0.3) is 0 Å². The highest BCUT2D eigenvalue weighted by Gasteiger charge is 2.64. The molecule has 0 radical (unpaired) electrons. The van der Waals surface area contributed by atoms with E-state index in [1.807, 2.05) is 24.1 Å². The van der Waals surface area contributed by atoms with Gasteiger partial charge in [0.25, 0.3) is 0 Å². The van der Waals surface area contributed by atoms with Gasteiger partial charge < -0.3 is 4.90 Å². The molecule has 1 aliphatic heterocycles. The molecule has 27 heavy (non-hydrogen) atoms. The molecular weight excluding hydrogens is 338 g/mol. The van der Waals surface area contributed by atoms with Crippen molar-refractivity contribution in [3.63, 3.8) is 0 Å². The van der Waals surface area contributed by atoms with Gasteiger partial charge in [-0.1, -0.05) is 0 Å². The zero-order chi connectivity index (χ0) is 18.8. The Kier molecular flexibility index (Phi) is 3.75. The van der Waals surface area contributed by atoms with Gasteiger partial charge in [-0.3, -0.25) is 14.2 Å². The molecule has 2 aromatic rings. The number of aryl methyl sites for hydroxylation is 1. The van der Waals surface area contributed by atoms with Gasteiger partial charge in [-0.05, 0) is 57.9 Å². The van der Waals surface area contributed by atoms with Crippen LogP contribution in [0.3, 0.4) is 0 Å². The Morgan fingerprint density at radius 2 is 2.19 bits per heavy atom. The summed E-state index contributed by atoms with van der Waals surface area (Å²) in [5.41, 5.74) is 3.79. The Labute approximate surface area is 160 Å². The van der Waals surface area contributed by atoms with Crippen LogP contribution in [0, 0.1) is 11.8 Å². The van der Waals surface area contributed by atoms with Crippen molar-refractivity contribution < 1.29 is 4.79 Å². The largest absolute Gasteiger partial charge is 0.338 e. The second kappa shape index (κ2) is 5.94. The van der Waals surface area contributed by atoms with E-state index in [-0.39, 0.29) is 11.3 Å². The van der Waals surface area contributed by atoms with Crippen LogP contribution >= 0.6 is 0 Å². The molecule has 1 amide bonds. The monoisotopic (exact) mass is 367 g/mol. The van der Waals surface area contributed by atoms with Crippen LogP contribution in [0.4, 0.5) is 0 Å². The first-order valence-electron chi connectivity index (χ1n) is 10.3. The molecule has 144 valence electrons. The van der Waals surface area contributed by atoms with E-state index >= 15 is 0 Å². The SMILES string of the molecule is CC(C)n1nccc1C12CCC(C1)C2C(=O)N1CCCc2c(cnn2C)C1. The number of amides is 1. The van der Waals surface area contributed by atoms with Gasteiger partial charge in [0, 0.05) is 54.7 Å². The lowest BCUT2D eigenvalue weighted by molar-refractivity contribution is -0.145. The number of rotatable bonds is 3. The molecule has 3 fully saturated rings. The molecule has 0 aromatic carbocycles. The molecule has 2 bridgehead atoms. The molecule has 3 aliphatic carbocycles. The van der Waals surface area contributed by atoms with Crippen molar-refractivity contribution in [1.29, 1.82) is 0 Å². The maximum atomic E-state index is 13.7. The highest BCUT2D eigenvalue weighted by Crippen LogP contribution is 2.64. The molecule has 0 spiro atoms. The highest BCUT2D eigenvalue weighted by molar-refractivity contribution is 5.83. The Morgan fingerprint density at radius 3 is 2.96 bits per heavy atom. The van der Waals surface area contributed by atoms with Crippen LogP contribution in [-0.2, 0) is 30.2 Å². The van der Waals surface area contributed by atoms with Crippen molar-refractivity contribution in [2.75, 3.05) is 6.54 Å². The van der Waals surface area contributed by atoms with Gasteiger partial charge in [-0.25, -0.2) is 0 Å². The fraction of sp³-hybridized carbons (Fsp3) is 0.667. The van der Waals surface area contributed by atoms with Crippen molar-refractivity contribution in [3.05, 3.63) is 35.4 Å². The number of aromatic nitrogens is 4. The second-order valence-corrected chi connectivity index (χ2v) is 8.99. The summed E-state index contributed by atoms with van der Waals surface area (Å²) in [7, 11) is 2.00. The van der Waals surface area contributed by atoms with Crippen LogP contribution in [-0.4, -0.2) is 36.9 Å². The minimum atomic E-state index is 0.00654. The maximum Gasteiger partial charge on any atom is 0.227 e. The number of fused-ring (bicyclic) bond motifs is 2. The average Bonchev–Trinajstić information content (AvgIpc) is 3.36. The van der Waals surface area contributed by atoms with Crippen LogP contribution < -0.4 is 0 Å². The van der Waals surface area contributed by atoms with Gasteiger partial charge in [-0.2, -0.15) is 10.2 Å². The molecule has 3 unspecified atom stereocenters. The fourth-order valence-electron chi connectivity index (χ4n) is 5.99. The third-order valence-corrected chi connectivity index (χ3v) is 7.25. The van der Waals surface area contributed by atoms with E-state index in [1.54, 1.807) is 0 Å². The first kappa shape index (κ1) is 17.0. The number of carbonyl (C=O) groups is 1. The molecule has 3 atom stereocenters. The van der Waals surface area contributed by atoms with E-state index < -0.39 is 0 Å². The summed E-state index contributed by atoms with van der Waals surface area (Å²) in [4.78, 5) is 15.8. The summed E-state index contributed by atoms with van der Waals surface area (Å²) < 4.78 is 4.11. The molecule has 6 rings (SSSR count). The molecule has 0 saturated heterocycles. The molecule has 4 aliphatic rings. The standard InChI is InChI=1S/C21H29N5O/c1-14(2)26-18(7-9-22-26)21-8-6-15(11-21)19(21)20(27)25-10-4-5-17-16(13-25)12-23-24(17)3/h7,9,12,14-15,19H,4-6,8,10-11,13H2,1-3H3. The maximum absolute atomic E-state index is 13.7. The van der Waals surface area contributed by atoms with E-state index in [2.05, 4.69) is 39.7 Å². The van der Waals surface area contributed by atoms with Crippen molar-refractivity contribution in [3.8, 4) is 0 Å². The van der Waals surface area contributed by atoms with Gasteiger partial charge >= 0.3 is 0 Å². The van der Waals surface area contributed by atoms with Gasteiger partial charge in [0.2, 0.25) is 5.91 Å². The smallest absolute Gasteiger partial charge is 0.227 e. The van der Waals surface area contributed by atoms with E-state index in [1.165, 1.54) is 23.4 Å².